The maximum absolute atomic E-state index is 12.5. The summed E-state index contributed by atoms with van der Waals surface area (Å²) in [6, 6.07) is 5.64. The molecule has 1 aliphatic rings. The Labute approximate surface area is 145 Å². The quantitative estimate of drug-likeness (QED) is 0.835. The van der Waals surface area contributed by atoms with Gasteiger partial charge in [0.05, 0.1) is 12.1 Å². The number of carboxylic acid groups (broad SMARTS) is 1. The maximum Gasteiger partial charge on any atom is 0.303 e. The summed E-state index contributed by atoms with van der Waals surface area (Å²) >= 11 is 0. The Morgan fingerprint density at radius 1 is 1.32 bits per heavy atom. The van der Waals surface area contributed by atoms with Gasteiger partial charge in [-0.05, 0) is 24.5 Å². The second-order valence-corrected chi connectivity index (χ2v) is 6.40. The third-order valence-electron chi connectivity index (χ3n) is 4.55. The van der Waals surface area contributed by atoms with Crippen molar-refractivity contribution in [3.8, 4) is 0 Å². The lowest BCUT2D eigenvalue weighted by Gasteiger charge is -2.16. The molecule has 0 bridgehead atoms. The van der Waals surface area contributed by atoms with E-state index >= 15 is 0 Å². The lowest BCUT2D eigenvalue weighted by Crippen LogP contribution is -2.29. The fraction of sp³-hybridized carbons (Fsp3) is 0.471. The van der Waals surface area contributed by atoms with Crippen LogP contribution in [0.4, 0.5) is 0 Å². The molecular weight excluding hydrogens is 322 g/mol. The van der Waals surface area contributed by atoms with Crippen molar-refractivity contribution in [2.24, 2.45) is 13.0 Å². The molecule has 132 valence electrons. The summed E-state index contributed by atoms with van der Waals surface area (Å²) in [6.45, 7) is 0.923. The second-order valence-electron chi connectivity index (χ2n) is 6.40. The number of aliphatic carboxylic acids is 1. The fourth-order valence-electron chi connectivity index (χ4n) is 3.32. The van der Waals surface area contributed by atoms with Crippen LogP contribution >= 0.6 is 0 Å². The molecule has 0 aliphatic carbocycles. The van der Waals surface area contributed by atoms with Crippen LogP contribution in [0.2, 0.25) is 0 Å². The highest BCUT2D eigenvalue weighted by atomic mass is 16.4. The number of rotatable bonds is 6. The number of carbonyl (C=O) groups excluding carboxylic acids is 1. The monoisotopic (exact) mass is 343 g/mol. The predicted octanol–water partition coefficient (Wildman–Crippen LogP) is 0.860. The summed E-state index contributed by atoms with van der Waals surface area (Å²) in [4.78, 5) is 29.7. The standard InChI is InChI=1S/C17H21N5O3/c1-21-11-15(19-20-21)14-10-22(9-12(14)8-17(24)25)16(23)6-5-13-4-2-3-7-18-13/h2-4,7,11-12,14H,5-6,8-10H2,1H3,(H,24,25). The van der Waals surface area contributed by atoms with Crippen LogP contribution in [0.15, 0.2) is 30.6 Å². The molecule has 3 heterocycles. The minimum Gasteiger partial charge on any atom is -0.481 e. The van der Waals surface area contributed by atoms with Gasteiger partial charge in [0.2, 0.25) is 5.91 Å². The Kier molecular flexibility index (Phi) is 5.06. The van der Waals surface area contributed by atoms with Crippen molar-refractivity contribution < 1.29 is 14.7 Å². The molecule has 1 fully saturated rings. The Bertz CT molecular complexity index is 746. The molecule has 1 amide bonds. The molecule has 2 unspecified atom stereocenters. The van der Waals surface area contributed by atoms with E-state index in [9.17, 15) is 9.59 Å². The van der Waals surface area contributed by atoms with Gasteiger partial charge in [-0.1, -0.05) is 11.3 Å². The predicted molar refractivity (Wildman–Crippen MR) is 88.6 cm³/mol. The summed E-state index contributed by atoms with van der Waals surface area (Å²) in [5.41, 5.74) is 1.62. The van der Waals surface area contributed by atoms with E-state index in [1.165, 1.54) is 0 Å². The number of carboxylic acids is 1. The van der Waals surface area contributed by atoms with E-state index in [1.807, 2.05) is 18.2 Å². The molecule has 0 radical (unpaired) electrons. The maximum atomic E-state index is 12.5. The molecule has 2 atom stereocenters. The number of aryl methyl sites for hydroxylation is 2. The highest BCUT2D eigenvalue weighted by Crippen LogP contribution is 2.34. The summed E-state index contributed by atoms with van der Waals surface area (Å²) in [5, 5.41) is 17.2. The first-order valence-corrected chi connectivity index (χ1v) is 8.28. The lowest BCUT2D eigenvalue weighted by atomic mass is 9.91. The third kappa shape index (κ3) is 4.20. The molecule has 1 saturated heterocycles. The van der Waals surface area contributed by atoms with Gasteiger partial charge in [-0.15, -0.1) is 5.10 Å². The zero-order valence-electron chi connectivity index (χ0n) is 14.1. The lowest BCUT2D eigenvalue weighted by molar-refractivity contribution is -0.138. The molecule has 3 rings (SSSR count). The van der Waals surface area contributed by atoms with E-state index in [0.29, 0.717) is 25.9 Å². The molecule has 8 heteroatoms. The van der Waals surface area contributed by atoms with Gasteiger partial charge in [0.15, 0.2) is 0 Å². The highest BCUT2D eigenvalue weighted by Gasteiger charge is 2.38. The number of hydrogen-bond donors (Lipinski definition) is 1. The van der Waals surface area contributed by atoms with Crippen LogP contribution in [0.1, 0.15) is 30.1 Å². The molecule has 2 aromatic heterocycles. The van der Waals surface area contributed by atoms with Crippen LogP contribution in [0.25, 0.3) is 0 Å². The summed E-state index contributed by atoms with van der Waals surface area (Å²) < 4.78 is 1.60. The SMILES string of the molecule is Cn1cc(C2CN(C(=O)CCc3ccccn3)CC2CC(=O)O)nn1. The van der Waals surface area contributed by atoms with E-state index < -0.39 is 5.97 Å². The Morgan fingerprint density at radius 2 is 2.16 bits per heavy atom. The van der Waals surface area contributed by atoms with Crippen molar-refractivity contribution in [1.82, 2.24) is 24.9 Å². The fourth-order valence-corrected chi connectivity index (χ4v) is 3.32. The Hall–Kier alpha value is -2.77. The van der Waals surface area contributed by atoms with E-state index in [2.05, 4.69) is 15.3 Å². The minimum absolute atomic E-state index is 0.0191. The molecule has 2 aromatic rings. The van der Waals surface area contributed by atoms with E-state index in [-0.39, 0.29) is 24.2 Å². The van der Waals surface area contributed by atoms with Crippen LogP contribution in [-0.2, 0) is 23.1 Å². The molecule has 0 spiro atoms. The van der Waals surface area contributed by atoms with Gasteiger partial charge < -0.3 is 10.0 Å². The molecule has 8 nitrogen and oxygen atoms in total. The molecule has 0 saturated carbocycles. The van der Waals surface area contributed by atoms with E-state index in [0.717, 1.165) is 11.4 Å². The first-order valence-electron chi connectivity index (χ1n) is 8.28. The van der Waals surface area contributed by atoms with Crippen molar-refractivity contribution in [3.05, 3.63) is 42.0 Å². The Morgan fingerprint density at radius 3 is 2.80 bits per heavy atom. The van der Waals surface area contributed by atoms with Crippen LogP contribution in [0, 0.1) is 5.92 Å². The number of hydrogen-bond acceptors (Lipinski definition) is 5. The largest absolute Gasteiger partial charge is 0.481 e. The van der Waals surface area contributed by atoms with Crippen LogP contribution in [-0.4, -0.2) is 55.0 Å². The number of carbonyl (C=O) groups is 2. The number of amides is 1. The molecule has 25 heavy (non-hydrogen) atoms. The smallest absolute Gasteiger partial charge is 0.303 e. The number of likely N-dealkylation sites (tertiary alicyclic amines) is 1. The van der Waals surface area contributed by atoms with Gasteiger partial charge in [-0.25, -0.2) is 0 Å². The van der Waals surface area contributed by atoms with Gasteiger partial charge in [-0.2, -0.15) is 0 Å². The number of aromatic nitrogens is 4. The topological polar surface area (TPSA) is 101 Å². The first kappa shape index (κ1) is 17.1. The van der Waals surface area contributed by atoms with Gasteiger partial charge in [0.25, 0.3) is 0 Å². The van der Waals surface area contributed by atoms with Crippen molar-refractivity contribution >= 4 is 11.9 Å². The molecule has 0 aromatic carbocycles. The average molecular weight is 343 g/mol. The van der Waals surface area contributed by atoms with E-state index in [1.54, 1.807) is 29.0 Å². The number of nitrogens with zero attached hydrogens (tertiary/aromatic N) is 5. The zero-order chi connectivity index (χ0) is 17.8. The van der Waals surface area contributed by atoms with Crippen LogP contribution in [0.3, 0.4) is 0 Å². The van der Waals surface area contributed by atoms with Crippen molar-refractivity contribution in [2.45, 2.75) is 25.2 Å². The highest BCUT2D eigenvalue weighted by molar-refractivity contribution is 5.77. The van der Waals surface area contributed by atoms with Crippen LogP contribution in [0.5, 0.6) is 0 Å². The zero-order valence-corrected chi connectivity index (χ0v) is 14.1. The van der Waals surface area contributed by atoms with Gasteiger partial charge >= 0.3 is 5.97 Å². The molecule has 1 aliphatic heterocycles. The summed E-state index contributed by atoms with van der Waals surface area (Å²) in [6.07, 6.45) is 4.47. The Balaban J connectivity index is 1.66. The first-order chi connectivity index (χ1) is 12.0. The normalized spacial score (nSPS) is 20.0. The second kappa shape index (κ2) is 7.42. The average Bonchev–Trinajstić information content (AvgIpc) is 3.19. The van der Waals surface area contributed by atoms with Crippen LogP contribution < -0.4 is 0 Å². The number of pyridine rings is 1. The van der Waals surface area contributed by atoms with Gasteiger partial charge in [-0.3, -0.25) is 19.3 Å². The third-order valence-corrected chi connectivity index (χ3v) is 4.55. The summed E-state index contributed by atoms with van der Waals surface area (Å²) in [7, 11) is 1.77. The van der Waals surface area contributed by atoms with Crippen molar-refractivity contribution in [1.29, 1.82) is 0 Å². The van der Waals surface area contributed by atoms with Gasteiger partial charge in [0.1, 0.15) is 0 Å². The van der Waals surface area contributed by atoms with Crippen molar-refractivity contribution in [3.63, 3.8) is 0 Å². The molecule has 1 N–H and O–H groups in total. The summed E-state index contributed by atoms with van der Waals surface area (Å²) in [5.74, 6) is -1.08. The van der Waals surface area contributed by atoms with E-state index in [4.69, 9.17) is 5.11 Å². The molecular formula is C17H21N5O3. The minimum atomic E-state index is -0.860. The van der Waals surface area contributed by atoms with Crippen molar-refractivity contribution in [2.75, 3.05) is 13.1 Å². The van der Waals surface area contributed by atoms with Gasteiger partial charge in [0, 0.05) is 50.6 Å².